The number of ether oxygens (including phenoxy) is 8. The largest absolute Gasteiger partial charge is 0.472 e. The molecule has 10 N–H and O–H groups in total. The average molecular weight is 1740 g/mol. The molecule has 3 rings (SSSR count). The number of hydrogen-bond acceptors (Lipinski definition) is 24. The van der Waals surface area contributed by atoms with Crippen LogP contribution in [0.4, 0.5) is 0 Å². The van der Waals surface area contributed by atoms with Crippen molar-refractivity contribution in [1.82, 2.24) is 0 Å². The van der Waals surface area contributed by atoms with Crippen LogP contribution in [0.3, 0.4) is 0 Å². The first-order valence-electron chi connectivity index (χ1n) is 49.2. The van der Waals surface area contributed by atoms with Crippen LogP contribution in [0, 0.1) is 5.92 Å². The molecule has 0 spiro atoms. The van der Waals surface area contributed by atoms with Crippen molar-refractivity contribution in [3.8, 4) is 0 Å². The fourth-order valence-electron chi connectivity index (χ4n) is 16.6. The highest BCUT2D eigenvalue weighted by Gasteiger charge is 2.60. The summed E-state index contributed by atoms with van der Waals surface area (Å²) in [6.07, 6.45) is 29.3. The van der Waals surface area contributed by atoms with Gasteiger partial charge in [-0.1, -0.05) is 388 Å². The zero-order valence-electron chi connectivity index (χ0n) is 75.8. The van der Waals surface area contributed by atoms with Crippen LogP contribution in [0.25, 0.3) is 0 Å². The van der Waals surface area contributed by atoms with Crippen molar-refractivity contribution >= 4 is 31.7 Å². The van der Waals surface area contributed by atoms with Gasteiger partial charge in [0.2, 0.25) is 0 Å². The zero-order chi connectivity index (χ0) is 87.6. The number of carbonyl (C=O) groups is 4. The summed E-state index contributed by atoms with van der Waals surface area (Å²) in [5, 5.41) is 103. The van der Waals surface area contributed by atoms with Crippen LogP contribution < -0.4 is 0 Å². The van der Waals surface area contributed by atoms with Gasteiger partial charge in [-0.3, -0.25) is 28.2 Å². The van der Waals surface area contributed by atoms with Gasteiger partial charge in [0.25, 0.3) is 0 Å². The molecule has 25 nitrogen and oxygen atoms in total. The maximum Gasteiger partial charge on any atom is 0.472 e. The van der Waals surface area contributed by atoms with E-state index in [1.807, 2.05) is 0 Å². The smallest absolute Gasteiger partial charge is 0.463 e. The van der Waals surface area contributed by atoms with Crippen LogP contribution in [-0.4, -0.2) is 205 Å². The van der Waals surface area contributed by atoms with Crippen molar-refractivity contribution in [3.05, 3.63) is 0 Å². The van der Waals surface area contributed by atoms with Gasteiger partial charge in [0, 0.05) is 25.7 Å². The van der Waals surface area contributed by atoms with Crippen LogP contribution in [0.5, 0.6) is 0 Å². The Morgan fingerprint density at radius 1 is 0.325 bits per heavy atom. The number of aliphatic hydroxyl groups excluding tert-OH is 9. The number of phosphoric acid groups is 1. The summed E-state index contributed by atoms with van der Waals surface area (Å²) in [6, 6.07) is 0. The third-order valence-corrected chi connectivity index (χ3v) is 25.5. The van der Waals surface area contributed by atoms with Crippen molar-refractivity contribution in [2.45, 2.75) is 543 Å². The highest BCUT2D eigenvalue weighted by Crippen LogP contribution is 2.49. The van der Waals surface area contributed by atoms with E-state index in [1.165, 1.54) is 218 Å². The topological polar surface area (TPSA) is 380 Å². The van der Waals surface area contributed by atoms with Gasteiger partial charge in [-0.15, -0.1) is 0 Å². The van der Waals surface area contributed by atoms with E-state index in [-0.39, 0.29) is 25.7 Å². The number of rotatable bonds is 80. The van der Waals surface area contributed by atoms with E-state index < -0.39 is 162 Å². The maximum atomic E-state index is 14.9. The molecule has 1 saturated carbocycles. The molecule has 0 radical (unpaired) electrons. The predicted octanol–water partition coefficient (Wildman–Crippen LogP) is 18.8. The minimum atomic E-state index is -5.81. The van der Waals surface area contributed by atoms with Gasteiger partial charge < -0.3 is 88.7 Å². The second-order valence-corrected chi connectivity index (χ2v) is 37.0. The molecule has 1 aliphatic carbocycles. The molecule has 3 fully saturated rings. The summed E-state index contributed by atoms with van der Waals surface area (Å²) in [6.45, 7) is 7.96. The van der Waals surface area contributed by atoms with Crippen molar-refractivity contribution in [2.24, 2.45) is 5.92 Å². The fraction of sp³-hybridized carbons (Fsp3) is 0.957. The van der Waals surface area contributed by atoms with Crippen LogP contribution in [0.15, 0.2) is 0 Å². The van der Waals surface area contributed by atoms with Gasteiger partial charge in [-0.05, 0) is 31.6 Å². The lowest BCUT2D eigenvalue weighted by atomic mass is 9.84. The molecule has 19 atom stereocenters. The lowest BCUT2D eigenvalue weighted by Gasteiger charge is -2.50. The maximum absolute atomic E-state index is 14.9. The van der Waals surface area contributed by atoms with Crippen molar-refractivity contribution in [2.75, 3.05) is 26.4 Å². The van der Waals surface area contributed by atoms with E-state index >= 15 is 0 Å². The number of phosphoric ester groups is 1. The molecule has 0 amide bonds. The summed E-state index contributed by atoms with van der Waals surface area (Å²) in [7, 11) is -5.81. The van der Waals surface area contributed by atoms with E-state index in [0.717, 1.165) is 128 Å². The molecule has 0 aromatic rings. The molecule has 708 valence electrons. The minimum absolute atomic E-state index is 0.0197. The Kier molecular flexibility index (Phi) is 67.3. The Labute approximate surface area is 725 Å². The normalized spacial score (nSPS) is 24.9. The van der Waals surface area contributed by atoms with Crippen molar-refractivity contribution in [3.63, 3.8) is 0 Å². The van der Waals surface area contributed by atoms with Crippen molar-refractivity contribution in [1.29, 1.82) is 0 Å². The molecule has 0 bridgehead atoms. The van der Waals surface area contributed by atoms with E-state index in [4.69, 9.17) is 46.9 Å². The Hall–Kier alpha value is -2.53. The van der Waals surface area contributed by atoms with E-state index in [9.17, 15) is 74.6 Å². The predicted molar refractivity (Wildman–Crippen MR) is 467 cm³/mol. The molecule has 0 aromatic heterocycles. The average Bonchev–Trinajstić information content (AvgIpc) is 0.754. The zero-order valence-corrected chi connectivity index (χ0v) is 76.7. The SMILES string of the molecule is CCCCCCCCCCCCCCCCCC(=O)OCC(COP(=O)(O)OC1C(OC2OC(CO)C(O)C(O)C2O)C(O)C(O)C(OC(=O)CCCCCCCCC(C)CCCCCCCC)C1OC1OC(COC(=O)CCCCCCCCCCCCCCCCC)C(O)C(O)C1O)OC(=O)CCCCCCCCCCCCCCCCC. The summed E-state index contributed by atoms with van der Waals surface area (Å²) >= 11 is 0. The number of hydrogen-bond donors (Lipinski definition) is 10. The van der Waals surface area contributed by atoms with E-state index in [0.29, 0.717) is 38.0 Å². The number of carbonyl (C=O) groups excluding carboxylic acids is 4. The standard InChI is InChI=1S/C94H177O25P/c1-6-10-14-18-22-25-28-31-34-37-40-43-46-53-59-65-77(96)110-70-74(113-79(98)67-61-55-48-45-42-39-36-33-30-27-24-20-16-12-8-3)71-112-120(108,109)119-92-90(117-93-87(106)83(102)81(100)75(69-95)114-93)86(105)85(104)89(116-80(99)68-62-56-50-49-52-58-64-73(5)63-57-51-21-17-13-9-4)91(92)118-94-88(107)84(103)82(101)76(115-94)72-111-78(97)66-60-54-47-44-41-38-35-32-29-26-23-19-15-11-7-2/h73-76,81-95,100-107H,6-72H2,1-5H3,(H,108,109). The van der Waals surface area contributed by atoms with Crippen LogP contribution in [-0.2, 0) is 70.7 Å². The summed E-state index contributed by atoms with van der Waals surface area (Å²) in [5.74, 6) is -2.31. The first-order valence-corrected chi connectivity index (χ1v) is 50.7. The van der Waals surface area contributed by atoms with E-state index in [1.54, 1.807) is 0 Å². The Morgan fingerprint density at radius 2 is 0.625 bits per heavy atom. The molecule has 26 heteroatoms. The van der Waals surface area contributed by atoms with Gasteiger partial charge in [-0.25, -0.2) is 4.57 Å². The molecule has 2 saturated heterocycles. The lowest BCUT2D eigenvalue weighted by molar-refractivity contribution is -0.360. The highest BCUT2D eigenvalue weighted by molar-refractivity contribution is 7.47. The van der Waals surface area contributed by atoms with E-state index in [2.05, 4.69) is 34.6 Å². The second kappa shape index (κ2) is 72.4. The quantitative estimate of drug-likeness (QED) is 0.0117. The van der Waals surface area contributed by atoms with Crippen LogP contribution >= 0.6 is 7.82 Å². The van der Waals surface area contributed by atoms with Crippen LogP contribution in [0.2, 0.25) is 0 Å². The Balaban J connectivity index is 1.91. The number of unbranched alkanes of at least 4 members (excludes halogenated alkanes) is 52. The fourth-order valence-corrected chi connectivity index (χ4v) is 17.6. The monoisotopic (exact) mass is 1740 g/mol. The third kappa shape index (κ3) is 52.1. The number of esters is 4. The van der Waals surface area contributed by atoms with Gasteiger partial charge in [-0.2, -0.15) is 0 Å². The third-order valence-electron chi connectivity index (χ3n) is 24.5. The van der Waals surface area contributed by atoms with Gasteiger partial charge >= 0.3 is 31.7 Å². The Morgan fingerprint density at radius 3 is 0.992 bits per heavy atom. The second-order valence-electron chi connectivity index (χ2n) is 35.6. The first-order chi connectivity index (χ1) is 58.1. The van der Waals surface area contributed by atoms with Gasteiger partial charge in [0.1, 0.15) is 92.6 Å². The molecular formula is C94H177O25P. The molecule has 2 heterocycles. The minimum Gasteiger partial charge on any atom is -0.463 e. The lowest BCUT2D eigenvalue weighted by Crippen LogP contribution is -2.70. The molecule has 2 aliphatic heterocycles. The molecule has 120 heavy (non-hydrogen) atoms. The molecule has 0 aromatic carbocycles. The number of aliphatic hydroxyl groups is 9. The van der Waals surface area contributed by atoms with Gasteiger partial charge in [0.15, 0.2) is 24.8 Å². The summed E-state index contributed by atoms with van der Waals surface area (Å²) < 4.78 is 73.6. The van der Waals surface area contributed by atoms with Gasteiger partial charge in [0.05, 0.1) is 13.2 Å². The van der Waals surface area contributed by atoms with Crippen LogP contribution in [0.1, 0.15) is 439 Å². The summed E-state index contributed by atoms with van der Waals surface area (Å²) in [5.41, 5.74) is 0. The summed E-state index contributed by atoms with van der Waals surface area (Å²) in [4.78, 5) is 66.6. The molecule has 19 unspecified atom stereocenters. The van der Waals surface area contributed by atoms with Crippen molar-refractivity contribution < 1.29 is 122 Å². The Bertz CT molecular complexity index is 2500. The molecular weight excluding hydrogens is 1560 g/mol. The highest BCUT2D eigenvalue weighted by atomic mass is 31.2. The first kappa shape index (κ1) is 112. The molecule has 3 aliphatic rings.